The van der Waals surface area contributed by atoms with E-state index in [-0.39, 0.29) is 11.8 Å². The Morgan fingerprint density at radius 1 is 1.15 bits per heavy atom. The van der Waals surface area contributed by atoms with Gasteiger partial charge in [0.05, 0.1) is 5.69 Å². The molecule has 7 nitrogen and oxygen atoms in total. The van der Waals surface area contributed by atoms with E-state index in [1.165, 1.54) is 17.7 Å². The SMILES string of the molecule is Cc1nn(-c2ccc(N3CCCC3)nn2)c2c1C(c1cccs1)CC(=O)N2. The number of rotatable bonds is 3. The zero-order valence-corrected chi connectivity index (χ0v) is 15.9. The fourth-order valence-electron chi connectivity index (χ4n) is 3.99. The van der Waals surface area contributed by atoms with Crippen molar-refractivity contribution in [2.24, 2.45) is 0 Å². The van der Waals surface area contributed by atoms with E-state index in [4.69, 9.17) is 0 Å². The summed E-state index contributed by atoms with van der Waals surface area (Å²) in [4.78, 5) is 15.8. The Labute approximate surface area is 161 Å². The lowest BCUT2D eigenvalue weighted by atomic mass is 9.91. The largest absolute Gasteiger partial charge is 0.355 e. The van der Waals surface area contributed by atoms with E-state index in [0.717, 1.165) is 30.2 Å². The van der Waals surface area contributed by atoms with Crippen LogP contribution in [0.3, 0.4) is 0 Å². The molecule has 5 heterocycles. The molecule has 2 aliphatic rings. The lowest BCUT2D eigenvalue weighted by Gasteiger charge is -2.23. The number of fused-ring (bicyclic) bond motifs is 1. The molecule has 0 radical (unpaired) electrons. The normalized spacial score (nSPS) is 19.2. The van der Waals surface area contributed by atoms with Crippen molar-refractivity contribution in [2.75, 3.05) is 23.3 Å². The van der Waals surface area contributed by atoms with Crippen molar-refractivity contribution in [2.45, 2.75) is 32.1 Å². The van der Waals surface area contributed by atoms with Crippen LogP contribution in [0.5, 0.6) is 0 Å². The highest BCUT2D eigenvalue weighted by molar-refractivity contribution is 7.10. The monoisotopic (exact) mass is 380 g/mol. The van der Waals surface area contributed by atoms with Crippen LogP contribution in [0, 0.1) is 6.92 Å². The quantitative estimate of drug-likeness (QED) is 0.756. The molecule has 5 rings (SSSR count). The minimum absolute atomic E-state index is 0.00342. The highest BCUT2D eigenvalue weighted by Gasteiger charge is 2.33. The number of nitrogens with one attached hydrogen (secondary N) is 1. The minimum atomic E-state index is 0.00342. The van der Waals surface area contributed by atoms with Gasteiger partial charge in [-0.15, -0.1) is 21.5 Å². The van der Waals surface area contributed by atoms with Crippen LogP contribution in [-0.4, -0.2) is 39.0 Å². The van der Waals surface area contributed by atoms with Crippen molar-refractivity contribution < 1.29 is 4.79 Å². The number of anilines is 2. The van der Waals surface area contributed by atoms with Gasteiger partial charge in [0, 0.05) is 35.9 Å². The van der Waals surface area contributed by atoms with Crippen LogP contribution in [-0.2, 0) is 4.79 Å². The van der Waals surface area contributed by atoms with E-state index in [9.17, 15) is 4.79 Å². The van der Waals surface area contributed by atoms with E-state index in [2.05, 4.69) is 31.6 Å². The third-order valence-electron chi connectivity index (χ3n) is 5.27. The zero-order valence-electron chi connectivity index (χ0n) is 15.1. The van der Waals surface area contributed by atoms with Crippen LogP contribution < -0.4 is 10.2 Å². The van der Waals surface area contributed by atoms with Crippen molar-refractivity contribution in [1.82, 2.24) is 20.0 Å². The van der Waals surface area contributed by atoms with Gasteiger partial charge < -0.3 is 10.2 Å². The average molecular weight is 380 g/mol. The smallest absolute Gasteiger partial charge is 0.226 e. The van der Waals surface area contributed by atoms with Gasteiger partial charge in [-0.2, -0.15) is 9.78 Å². The highest BCUT2D eigenvalue weighted by Crippen LogP contribution is 2.41. The van der Waals surface area contributed by atoms with Crippen molar-refractivity contribution in [3.63, 3.8) is 0 Å². The van der Waals surface area contributed by atoms with Gasteiger partial charge in [-0.25, -0.2) is 0 Å². The lowest BCUT2D eigenvalue weighted by Crippen LogP contribution is -2.25. The van der Waals surface area contributed by atoms with Gasteiger partial charge >= 0.3 is 0 Å². The number of aryl methyl sites for hydroxylation is 1. The third kappa shape index (κ3) is 2.80. The predicted octanol–water partition coefficient (Wildman–Crippen LogP) is 3.11. The first-order valence-electron chi connectivity index (χ1n) is 9.22. The molecule has 0 saturated carbocycles. The third-order valence-corrected chi connectivity index (χ3v) is 6.26. The standard InChI is InChI=1S/C19H20N6OS/c1-12-18-13(14-5-4-10-27-14)11-17(26)20-19(18)25(23-12)16-7-6-15(21-22-16)24-8-2-3-9-24/h4-7,10,13H,2-3,8-9,11H2,1H3,(H,20,26). The van der Waals surface area contributed by atoms with Gasteiger partial charge in [0.1, 0.15) is 5.82 Å². The molecule has 1 fully saturated rings. The van der Waals surface area contributed by atoms with Crippen molar-refractivity contribution in [3.05, 3.63) is 45.8 Å². The van der Waals surface area contributed by atoms with E-state index in [1.54, 1.807) is 16.0 Å². The summed E-state index contributed by atoms with van der Waals surface area (Å²) in [5.41, 5.74) is 1.98. The number of thiophene rings is 1. The molecule has 3 aromatic rings. The molecular formula is C19H20N6OS. The topological polar surface area (TPSA) is 75.9 Å². The van der Waals surface area contributed by atoms with Gasteiger partial charge in [0.25, 0.3) is 0 Å². The molecule has 27 heavy (non-hydrogen) atoms. The Kier molecular flexibility index (Phi) is 3.93. The lowest BCUT2D eigenvalue weighted by molar-refractivity contribution is -0.116. The number of aromatic nitrogens is 4. The van der Waals surface area contributed by atoms with Crippen LogP contribution in [0.15, 0.2) is 29.6 Å². The maximum absolute atomic E-state index is 12.4. The van der Waals surface area contributed by atoms with E-state index in [1.807, 2.05) is 30.5 Å². The van der Waals surface area contributed by atoms with Crippen molar-refractivity contribution >= 4 is 28.9 Å². The molecular weight excluding hydrogens is 360 g/mol. The second-order valence-corrected chi connectivity index (χ2v) is 8.00. The van der Waals surface area contributed by atoms with Gasteiger partial charge in [-0.3, -0.25) is 4.79 Å². The molecule has 3 aromatic heterocycles. The van der Waals surface area contributed by atoms with Gasteiger partial charge in [0.15, 0.2) is 11.6 Å². The number of carbonyl (C=O) groups is 1. The van der Waals surface area contributed by atoms with Crippen LogP contribution in [0.4, 0.5) is 11.6 Å². The summed E-state index contributed by atoms with van der Waals surface area (Å²) in [5.74, 6) is 2.28. The first kappa shape index (κ1) is 16.4. The van der Waals surface area contributed by atoms with E-state index < -0.39 is 0 Å². The fourth-order valence-corrected chi connectivity index (χ4v) is 4.83. The molecule has 8 heteroatoms. The molecule has 1 atom stereocenters. The molecule has 1 unspecified atom stereocenters. The van der Waals surface area contributed by atoms with Crippen molar-refractivity contribution in [3.8, 4) is 5.82 Å². The van der Waals surface area contributed by atoms with Gasteiger partial charge in [-0.05, 0) is 43.3 Å². The number of amides is 1. The average Bonchev–Trinajstić information content (AvgIpc) is 3.43. The molecule has 0 aromatic carbocycles. The Morgan fingerprint density at radius 3 is 2.63 bits per heavy atom. The number of hydrogen-bond acceptors (Lipinski definition) is 6. The maximum atomic E-state index is 12.4. The van der Waals surface area contributed by atoms with Crippen LogP contribution in [0.2, 0.25) is 0 Å². The van der Waals surface area contributed by atoms with E-state index >= 15 is 0 Å². The summed E-state index contributed by atoms with van der Waals surface area (Å²) < 4.78 is 1.71. The molecule has 138 valence electrons. The Bertz CT molecular complexity index is 973. The van der Waals surface area contributed by atoms with Crippen LogP contribution in [0.25, 0.3) is 5.82 Å². The summed E-state index contributed by atoms with van der Waals surface area (Å²) in [6.07, 6.45) is 2.84. The summed E-state index contributed by atoms with van der Waals surface area (Å²) in [7, 11) is 0. The number of hydrogen-bond donors (Lipinski definition) is 1. The van der Waals surface area contributed by atoms with Gasteiger partial charge in [0.2, 0.25) is 5.91 Å². The summed E-state index contributed by atoms with van der Waals surface area (Å²) in [6.45, 7) is 4.05. The van der Waals surface area contributed by atoms with Crippen LogP contribution >= 0.6 is 11.3 Å². The molecule has 2 aliphatic heterocycles. The highest BCUT2D eigenvalue weighted by atomic mass is 32.1. The molecule has 1 amide bonds. The maximum Gasteiger partial charge on any atom is 0.226 e. The zero-order chi connectivity index (χ0) is 18.4. The Hall–Kier alpha value is -2.74. The fraction of sp³-hybridized carbons (Fsp3) is 0.368. The van der Waals surface area contributed by atoms with Gasteiger partial charge in [-0.1, -0.05) is 6.07 Å². The molecule has 0 spiro atoms. The van der Waals surface area contributed by atoms with E-state index in [0.29, 0.717) is 18.1 Å². The first-order chi connectivity index (χ1) is 13.2. The number of nitrogens with zero attached hydrogens (tertiary/aromatic N) is 5. The minimum Gasteiger partial charge on any atom is -0.355 e. The number of carbonyl (C=O) groups excluding carboxylic acids is 1. The Morgan fingerprint density at radius 2 is 1.93 bits per heavy atom. The molecule has 0 aliphatic carbocycles. The van der Waals surface area contributed by atoms with Crippen LogP contribution in [0.1, 0.15) is 41.3 Å². The molecule has 1 N–H and O–H groups in total. The molecule has 0 bridgehead atoms. The molecule has 1 saturated heterocycles. The second-order valence-electron chi connectivity index (χ2n) is 7.02. The second kappa shape index (κ2) is 6.45. The predicted molar refractivity (Wildman–Crippen MR) is 105 cm³/mol. The summed E-state index contributed by atoms with van der Waals surface area (Å²) in [5, 5.41) is 18.5. The summed E-state index contributed by atoms with van der Waals surface area (Å²) >= 11 is 1.67. The Balaban J connectivity index is 1.55. The first-order valence-corrected chi connectivity index (χ1v) is 10.1. The van der Waals surface area contributed by atoms with Crippen molar-refractivity contribution in [1.29, 1.82) is 0 Å². The summed E-state index contributed by atoms with van der Waals surface area (Å²) in [6, 6.07) is 8.01.